The summed E-state index contributed by atoms with van der Waals surface area (Å²) in [5.41, 5.74) is -0.373. The zero-order valence-electron chi connectivity index (χ0n) is 16.6. The highest BCUT2D eigenvalue weighted by Crippen LogP contribution is 2.26. The third-order valence-electron chi connectivity index (χ3n) is 5.12. The highest BCUT2D eigenvalue weighted by atomic mass is 32.2. The summed E-state index contributed by atoms with van der Waals surface area (Å²) < 4.78 is 28.9. The van der Waals surface area contributed by atoms with E-state index < -0.39 is 27.2 Å². The Hall–Kier alpha value is -2.72. The van der Waals surface area contributed by atoms with Crippen molar-refractivity contribution in [1.82, 2.24) is 13.4 Å². The molecule has 2 aromatic rings. The normalized spacial score (nSPS) is 15.8. The number of aryl methyl sites for hydroxylation is 1. The predicted molar refractivity (Wildman–Crippen MR) is 110 cm³/mol. The number of rotatable bonds is 4. The van der Waals surface area contributed by atoms with Gasteiger partial charge in [-0.15, -0.1) is 0 Å². The van der Waals surface area contributed by atoms with Crippen molar-refractivity contribution in [3.63, 3.8) is 0 Å². The molecule has 0 aliphatic carbocycles. The lowest BCUT2D eigenvalue weighted by atomic mass is 10.2. The Balaban J connectivity index is 1.95. The van der Waals surface area contributed by atoms with Gasteiger partial charge in [0.1, 0.15) is 5.56 Å². The quantitative estimate of drug-likeness (QED) is 0.742. The van der Waals surface area contributed by atoms with Crippen molar-refractivity contribution in [3.05, 3.63) is 50.2 Å². The lowest BCUT2D eigenvalue weighted by molar-refractivity contribution is 0.346. The second kappa shape index (κ2) is 7.96. The first-order chi connectivity index (χ1) is 13.6. The van der Waals surface area contributed by atoms with E-state index in [4.69, 9.17) is 0 Å². The van der Waals surface area contributed by atoms with Gasteiger partial charge >= 0.3 is 5.69 Å². The molecule has 2 heterocycles. The minimum absolute atomic E-state index is 0.126. The maximum absolute atomic E-state index is 12.8. The standard InChI is InChI=1S/C19H24N4O5S/c1-13-11-14(29(27,28)23-9-5-4-6-10-23)7-8-16(13)20-12-15-17(24)21(2)19(26)22(3)18(15)25/h7-8,11-12,24H,4-6,9-10H2,1-3H3. The first kappa shape index (κ1) is 21.0. The second-order valence-corrected chi connectivity index (χ2v) is 9.05. The van der Waals surface area contributed by atoms with E-state index in [1.54, 1.807) is 19.1 Å². The lowest BCUT2D eigenvalue weighted by Crippen LogP contribution is -2.38. The first-order valence-electron chi connectivity index (χ1n) is 9.28. The summed E-state index contributed by atoms with van der Waals surface area (Å²) in [6.07, 6.45) is 3.94. The van der Waals surface area contributed by atoms with Crippen LogP contribution in [-0.4, -0.2) is 46.3 Å². The van der Waals surface area contributed by atoms with Gasteiger partial charge in [-0.25, -0.2) is 13.2 Å². The number of sulfonamides is 1. The Morgan fingerprint density at radius 1 is 1.07 bits per heavy atom. The van der Waals surface area contributed by atoms with E-state index in [0.29, 0.717) is 24.3 Å². The third-order valence-corrected chi connectivity index (χ3v) is 7.02. The van der Waals surface area contributed by atoms with Gasteiger partial charge in [0.05, 0.1) is 10.6 Å². The Morgan fingerprint density at radius 3 is 2.34 bits per heavy atom. The summed E-state index contributed by atoms with van der Waals surface area (Å²) >= 11 is 0. The summed E-state index contributed by atoms with van der Waals surface area (Å²) in [5.74, 6) is -0.483. The van der Waals surface area contributed by atoms with Gasteiger partial charge in [-0.3, -0.25) is 18.9 Å². The summed E-state index contributed by atoms with van der Waals surface area (Å²) in [6.45, 7) is 2.77. The van der Waals surface area contributed by atoms with Gasteiger partial charge in [-0.2, -0.15) is 4.31 Å². The molecular weight excluding hydrogens is 396 g/mol. The molecule has 1 aliphatic heterocycles. The molecule has 0 saturated carbocycles. The van der Waals surface area contributed by atoms with Gasteiger partial charge in [0.25, 0.3) is 5.56 Å². The molecule has 0 unspecified atom stereocenters. The van der Waals surface area contributed by atoms with Gasteiger partial charge < -0.3 is 5.11 Å². The largest absolute Gasteiger partial charge is 0.494 e. The zero-order chi connectivity index (χ0) is 21.3. The van der Waals surface area contributed by atoms with Crippen molar-refractivity contribution in [2.24, 2.45) is 19.1 Å². The van der Waals surface area contributed by atoms with Gasteiger partial charge in [-0.1, -0.05) is 6.42 Å². The van der Waals surface area contributed by atoms with E-state index in [9.17, 15) is 23.1 Å². The number of aliphatic imine (C=N–C) groups is 1. The molecule has 3 rings (SSSR count). The molecule has 1 fully saturated rings. The van der Waals surface area contributed by atoms with Crippen LogP contribution in [0.4, 0.5) is 5.69 Å². The van der Waals surface area contributed by atoms with Gasteiger partial charge in [0.15, 0.2) is 0 Å². The Kier molecular flexibility index (Phi) is 5.76. The smallest absolute Gasteiger partial charge is 0.333 e. The van der Waals surface area contributed by atoms with Crippen LogP contribution < -0.4 is 11.2 Å². The molecule has 1 aromatic carbocycles. The molecule has 0 spiro atoms. The lowest BCUT2D eigenvalue weighted by Gasteiger charge is -2.26. The van der Waals surface area contributed by atoms with Crippen molar-refractivity contribution in [1.29, 1.82) is 0 Å². The van der Waals surface area contributed by atoms with Crippen LogP contribution in [0.25, 0.3) is 0 Å². The van der Waals surface area contributed by atoms with Crippen molar-refractivity contribution >= 4 is 21.9 Å². The fourth-order valence-corrected chi connectivity index (χ4v) is 4.90. The molecule has 1 N–H and O–H groups in total. The minimum Gasteiger partial charge on any atom is -0.494 e. The molecule has 0 amide bonds. The van der Waals surface area contributed by atoms with Crippen LogP contribution in [0.3, 0.4) is 0 Å². The van der Waals surface area contributed by atoms with Crippen molar-refractivity contribution < 1.29 is 13.5 Å². The van der Waals surface area contributed by atoms with Crippen molar-refractivity contribution in [2.45, 2.75) is 31.1 Å². The Labute approximate surface area is 168 Å². The maximum Gasteiger partial charge on any atom is 0.333 e. The highest BCUT2D eigenvalue weighted by molar-refractivity contribution is 7.89. The van der Waals surface area contributed by atoms with E-state index in [-0.39, 0.29) is 10.5 Å². The molecule has 0 atom stereocenters. The van der Waals surface area contributed by atoms with Crippen LogP contribution in [0.5, 0.6) is 5.88 Å². The van der Waals surface area contributed by atoms with Crippen LogP contribution in [0.2, 0.25) is 0 Å². The topological polar surface area (TPSA) is 114 Å². The number of aromatic nitrogens is 2. The molecular formula is C19H24N4O5S. The van der Waals surface area contributed by atoms with E-state index in [1.165, 1.54) is 30.7 Å². The number of benzene rings is 1. The van der Waals surface area contributed by atoms with E-state index >= 15 is 0 Å². The van der Waals surface area contributed by atoms with Crippen molar-refractivity contribution in [3.8, 4) is 5.88 Å². The van der Waals surface area contributed by atoms with Gasteiger partial charge in [0.2, 0.25) is 15.9 Å². The van der Waals surface area contributed by atoms with Crippen molar-refractivity contribution in [2.75, 3.05) is 13.1 Å². The summed E-state index contributed by atoms with van der Waals surface area (Å²) in [6, 6.07) is 4.60. The SMILES string of the molecule is Cc1cc(S(=O)(=O)N2CCCCC2)ccc1N=Cc1c(O)n(C)c(=O)n(C)c1=O. The average molecular weight is 420 g/mol. The number of hydrogen-bond acceptors (Lipinski definition) is 6. The van der Waals surface area contributed by atoms with Crippen LogP contribution >= 0.6 is 0 Å². The van der Waals surface area contributed by atoms with E-state index in [2.05, 4.69) is 4.99 Å². The average Bonchev–Trinajstić information content (AvgIpc) is 2.72. The van der Waals surface area contributed by atoms with Crippen LogP contribution in [0.15, 0.2) is 37.7 Å². The van der Waals surface area contributed by atoms with Gasteiger partial charge in [-0.05, 0) is 43.5 Å². The third kappa shape index (κ3) is 3.90. The predicted octanol–water partition coefficient (Wildman–Crippen LogP) is 1.02. The molecule has 10 heteroatoms. The number of aromatic hydroxyl groups is 1. The summed E-state index contributed by atoms with van der Waals surface area (Å²) in [4.78, 5) is 28.5. The molecule has 1 saturated heterocycles. The second-order valence-electron chi connectivity index (χ2n) is 7.11. The summed E-state index contributed by atoms with van der Waals surface area (Å²) in [5, 5.41) is 10.1. The number of hydrogen-bond donors (Lipinski definition) is 1. The van der Waals surface area contributed by atoms with Crippen LogP contribution in [-0.2, 0) is 24.1 Å². The fourth-order valence-electron chi connectivity index (χ4n) is 3.29. The first-order valence-corrected chi connectivity index (χ1v) is 10.7. The Bertz CT molecular complexity index is 1190. The molecule has 0 bridgehead atoms. The monoisotopic (exact) mass is 420 g/mol. The molecule has 156 valence electrons. The van der Waals surface area contributed by atoms with E-state index in [0.717, 1.165) is 28.4 Å². The zero-order valence-corrected chi connectivity index (χ0v) is 17.4. The fraction of sp³-hybridized carbons (Fsp3) is 0.421. The van der Waals surface area contributed by atoms with E-state index in [1.807, 2.05) is 0 Å². The van der Waals surface area contributed by atoms with Gasteiger partial charge in [0, 0.05) is 33.4 Å². The molecule has 29 heavy (non-hydrogen) atoms. The summed E-state index contributed by atoms with van der Waals surface area (Å²) in [7, 11) is -0.888. The molecule has 1 aromatic heterocycles. The molecule has 9 nitrogen and oxygen atoms in total. The Morgan fingerprint density at radius 2 is 1.72 bits per heavy atom. The minimum atomic E-state index is -3.55. The van der Waals surface area contributed by atoms with Crippen LogP contribution in [0.1, 0.15) is 30.4 Å². The maximum atomic E-state index is 12.8. The number of nitrogens with zero attached hydrogens (tertiary/aromatic N) is 4. The van der Waals surface area contributed by atoms with Crippen LogP contribution in [0, 0.1) is 6.92 Å². The molecule has 0 radical (unpaired) electrons. The highest BCUT2D eigenvalue weighted by Gasteiger charge is 2.26. The molecule has 1 aliphatic rings. The number of piperidine rings is 1.